The zero-order chi connectivity index (χ0) is 16.8. The Kier molecular flexibility index (Phi) is 12.5. The summed E-state index contributed by atoms with van der Waals surface area (Å²) in [6, 6.07) is 3.74. The highest BCUT2D eigenvalue weighted by Crippen LogP contribution is 2.29. The summed E-state index contributed by atoms with van der Waals surface area (Å²) in [7, 11) is -1.67. The number of hydrogen-bond donors (Lipinski definition) is 0. The second-order valence-electron chi connectivity index (χ2n) is 6.26. The molecule has 0 saturated heterocycles. The molecule has 0 bridgehead atoms. The van der Waals surface area contributed by atoms with Crippen LogP contribution in [0.1, 0.15) is 66.2 Å². The normalized spacial score (nSPS) is 11.5. The van der Waals surface area contributed by atoms with E-state index >= 15 is 0 Å². The summed E-state index contributed by atoms with van der Waals surface area (Å²) >= 11 is 0. The molecule has 4 heteroatoms. The summed E-state index contributed by atoms with van der Waals surface area (Å²) in [4.78, 5) is 11.4. The molecule has 0 aliphatic carbocycles. The lowest BCUT2D eigenvalue weighted by molar-refractivity contribution is -0.139. The van der Waals surface area contributed by atoms with Crippen molar-refractivity contribution >= 4 is 14.3 Å². The van der Waals surface area contributed by atoms with Crippen molar-refractivity contribution in [2.45, 2.75) is 84.4 Å². The van der Waals surface area contributed by atoms with Gasteiger partial charge in [0.1, 0.15) is 6.61 Å². The lowest BCUT2D eigenvalue weighted by Crippen LogP contribution is -2.39. The highest BCUT2D eigenvalue weighted by atomic mass is 28.4. The van der Waals surface area contributed by atoms with Crippen LogP contribution in [0.15, 0.2) is 12.2 Å². The van der Waals surface area contributed by atoms with Crippen LogP contribution in [0.5, 0.6) is 0 Å². The first kappa shape index (κ1) is 21.4. The summed E-state index contributed by atoms with van der Waals surface area (Å²) in [6.07, 6.45) is 7.44. The van der Waals surface area contributed by atoms with Crippen LogP contribution in [-0.4, -0.2) is 27.5 Å². The fourth-order valence-electron chi connectivity index (χ4n) is 2.60. The number of carbonyl (C=O) groups excluding carboxylic acids is 1. The van der Waals surface area contributed by atoms with Gasteiger partial charge in [-0.05, 0) is 25.1 Å². The van der Waals surface area contributed by atoms with E-state index in [0.29, 0.717) is 18.8 Å². The van der Waals surface area contributed by atoms with E-state index in [1.54, 1.807) is 6.92 Å². The van der Waals surface area contributed by atoms with Gasteiger partial charge in [0.15, 0.2) is 8.32 Å². The minimum Gasteiger partial charge on any atom is -0.460 e. The van der Waals surface area contributed by atoms with E-state index in [1.165, 1.54) is 56.7 Å². The van der Waals surface area contributed by atoms with Gasteiger partial charge in [0.2, 0.25) is 0 Å². The maximum absolute atomic E-state index is 11.4. The van der Waals surface area contributed by atoms with Crippen LogP contribution in [0.25, 0.3) is 0 Å². The Balaban J connectivity index is 4.50. The molecule has 0 aromatic carbocycles. The Bertz CT molecular complexity index is 294. The van der Waals surface area contributed by atoms with Crippen LogP contribution < -0.4 is 0 Å². The van der Waals surface area contributed by atoms with Gasteiger partial charge in [-0.3, -0.25) is 0 Å². The monoisotopic (exact) mass is 328 g/mol. The van der Waals surface area contributed by atoms with E-state index in [-0.39, 0.29) is 5.97 Å². The Morgan fingerprint density at radius 3 is 1.73 bits per heavy atom. The summed E-state index contributed by atoms with van der Waals surface area (Å²) in [5, 5.41) is 0. The lowest BCUT2D eigenvalue weighted by Gasteiger charge is -2.32. The SMILES string of the molecule is C=C(C)C(=O)OCCO[Si](CCCC)(CCCC)CCCC. The predicted octanol–water partition coefficient (Wildman–Crippen LogP) is 5.47. The van der Waals surface area contributed by atoms with Crippen molar-refractivity contribution in [1.29, 1.82) is 0 Å². The largest absolute Gasteiger partial charge is 0.460 e. The molecule has 0 aromatic heterocycles. The molecule has 0 heterocycles. The fraction of sp³-hybridized carbons (Fsp3) is 0.833. The second-order valence-corrected chi connectivity index (χ2v) is 10.4. The van der Waals surface area contributed by atoms with Crippen molar-refractivity contribution in [3.8, 4) is 0 Å². The van der Waals surface area contributed by atoms with Gasteiger partial charge < -0.3 is 9.16 Å². The van der Waals surface area contributed by atoms with E-state index in [1.807, 2.05) is 0 Å². The van der Waals surface area contributed by atoms with Crippen LogP contribution in [0.4, 0.5) is 0 Å². The van der Waals surface area contributed by atoms with Crippen molar-refractivity contribution in [3.63, 3.8) is 0 Å². The first-order valence-electron chi connectivity index (χ1n) is 8.98. The van der Waals surface area contributed by atoms with Gasteiger partial charge in [-0.2, -0.15) is 0 Å². The van der Waals surface area contributed by atoms with Crippen LogP contribution in [0.2, 0.25) is 18.1 Å². The summed E-state index contributed by atoms with van der Waals surface area (Å²) in [6.45, 7) is 12.9. The highest BCUT2D eigenvalue weighted by Gasteiger charge is 2.33. The van der Waals surface area contributed by atoms with E-state index in [4.69, 9.17) is 9.16 Å². The van der Waals surface area contributed by atoms with Gasteiger partial charge in [-0.1, -0.05) is 65.9 Å². The number of rotatable bonds is 14. The second kappa shape index (κ2) is 12.9. The standard InChI is InChI=1S/C18H36O3Si/c1-6-9-14-22(15-10-7-2,16-11-8-3)21-13-12-20-18(19)17(4)5/h4,6-16H2,1-3,5H3. The van der Waals surface area contributed by atoms with Crippen molar-refractivity contribution in [1.82, 2.24) is 0 Å². The average molecular weight is 329 g/mol. The first-order valence-corrected chi connectivity index (χ1v) is 11.5. The lowest BCUT2D eigenvalue weighted by atomic mass is 10.4. The highest BCUT2D eigenvalue weighted by molar-refractivity contribution is 6.73. The fourth-order valence-corrected chi connectivity index (χ4v) is 7.30. The van der Waals surface area contributed by atoms with Crippen LogP contribution in [-0.2, 0) is 14.0 Å². The molecule has 0 atom stereocenters. The molecule has 130 valence electrons. The maximum atomic E-state index is 11.4. The molecule has 0 N–H and O–H groups in total. The molecule has 0 aliphatic heterocycles. The summed E-state index contributed by atoms with van der Waals surface area (Å²) in [5.41, 5.74) is 0.450. The van der Waals surface area contributed by atoms with E-state index in [9.17, 15) is 4.79 Å². The topological polar surface area (TPSA) is 35.5 Å². The number of hydrogen-bond acceptors (Lipinski definition) is 3. The van der Waals surface area contributed by atoms with Crippen molar-refractivity contribution in [3.05, 3.63) is 12.2 Å². The molecule has 0 fully saturated rings. The van der Waals surface area contributed by atoms with Gasteiger partial charge in [0.25, 0.3) is 0 Å². The smallest absolute Gasteiger partial charge is 0.333 e. The Labute approximate surface area is 138 Å². The molecule has 0 unspecified atom stereocenters. The molecule has 0 spiro atoms. The number of esters is 1. The molecule has 0 amide bonds. The zero-order valence-electron chi connectivity index (χ0n) is 15.2. The van der Waals surface area contributed by atoms with Crippen molar-refractivity contribution in [2.24, 2.45) is 0 Å². The molecule has 0 radical (unpaired) electrons. The van der Waals surface area contributed by atoms with Gasteiger partial charge in [-0.15, -0.1) is 0 Å². The molecule has 3 nitrogen and oxygen atoms in total. The third-order valence-corrected chi connectivity index (χ3v) is 8.64. The van der Waals surface area contributed by atoms with E-state index in [0.717, 1.165) is 0 Å². The first-order chi connectivity index (χ1) is 10.5. The Morgan fingerprint density at radius 2 is 1.36 bits per heavy atom. The van der Waals surface area contributed by atoms with Crippen LogP contribution >= 0.6 is 0 Å². The quantitative estimate of drug-likeness (QED) is 0.184. The summed E-state index contributed by atoms with van der Waals surface area (Å²) in [5.74, 6) is -0.313. The minimum atomic E-state index is -1.67. The molecule has 0 saturated carbocycles. The third kappa shape index (κ3) is 9.41. The van der Waals surface area contributed by atoms with Crippen molar-refractivity contribution in [2.75, 3.05) is 13.2 Å². The van der Waals surface area contributed by atoms with Gasteiger partial charge in [0, 0.05) is 5.57 Å². The number of unbranched alkanes of at least 4 members (excludes halogenated alkanes) is 3. The number of ether oxygens (including phenoxy) is 1. The van der Waals surface area contributed by atoms with Crippen molar-refractivity contribution < 1.29 is 14.0 Å². The molecule has 0 aliphatic rings. The molecule has 0 aromatic rings. The molecule has 0 rings (SSSR count). The molecular formula is C18H36O3Si. The minimum absolute atomic E-state index is 0.313. The Hall–Kier alpha value is -0.613. The number of carbonyl (C=O) groups is 1. The maximum Gasteiger partial charge on any atom is 0.333 e. The van der Waals surface area contributed by atoms with Gasteiger partial charge in [0.05, 0.1) is 6.61 Å². The van der Waals surface area contributed by atoms with Gasteiger partial charge in [-0.25, -0.2) is 4.79 Å². The van der Waals surface area contributed by atoms with Crippen LogP contribution in [0, 0.1) is 0 Å². The van der Waals surface area contributed by atoms with E-state index < -0.39 is 8.32 Å². The zero-order valence-corrected chi connectivity index (χ0v) is 16.2. The summed E-state index contributed by atoms with van der Waals surface area (Å²) < 4.78 is 11.6. The van der Waals surface area contributed by atoms with Gasteiger partial charge >= 0.3 is 5.97 Å². The molecule has 22 heavy (non-hydrogen) atoms. The average Bonchev–Trinajstić information content (AvgIpc) is 2.52. The molecular weight excluding hydrogens is 292 g/mol. The third-order valence-electron chi connectivity index (χ3n) is 4.03. The predicted molar refractivity (Wildman–Crippen MR) is 96.6 cm³/mol. The van der Waals surface area contributed by atoms with E-state index in [2.05, 4.69) is 27.4 Å². The Morgan fingerprint density at radius 1 is 0.909 bits per heavy atom. The van der Waals surface area contributed by atoms with Crippen LogP contribution in [0.3, 0.4) is 0 Å².